The molecule has 170 valence electrons. The van der Waals surface area contributed by atoms with Gasteiger partial charge in [-0.25, -0.2) is 27.5 Å². The Balaban J connectivity index is 1.78. The highest BCUT2D eigenvalue weighted by Crippen LogP contribution is 2.35. The number of benzene rings is 1. The predicted molar refractivity (Wildman–Crippen MR) is 106 cm³/mol. The summed E-state index contributed by atoms with van der Waals surface area (Å²) >= 11 is 0. The van der Waals surface area contributed by atoms with Crippen LogP contribution in [0.1, 0.15) is 24.8 Å². The summed E-state index contributed by atoms with van der Waals surface area (Å²) in [5.41, 5.74) is 0.195. The Morgan fingerprint density at radius 3 is 2.23 bits per heavy atom. The van der Waals surface area contributed by atoms with Crippen LogP contribution in [-0.2, 0) is 14.8 Å². The van der Waals surface area contributed by atoms with Crippen LogP contribution >= 0.6 is 0 Å². The summed E-state index contributed by atoms with van der Waals surface area (Å²) in [4.78, 5) is 24.5. The fourth-order valence-corrected chi connectivity index (χ4v) is 6.03. The lowest BCUT2D eigenvalue weighted by molar-refractivity contribution is -0.141. The number of nitrogens with zero attached hydrogens (tertiary/aromatic N) is 2. The molecule has 1 aromatic carbocycles. The van der Waals surface area contributed by atoms with E-state index in [4.69, 9.17) is 10.3 Å². The smallest absolute Gasteiger partial charge is 0.407 e. The summed E-state index contributed by atoms with van der Waals surface area (Å²) in [6.07, 6.45) is 0.216. The third-order valence-electron chi connectivity index (χ3n) is 5.88. The van der Waals surface area contributed by atoms with Crippen molar-refractivity contribution in [1.29, 1.82) is 0 Å². The van der Waals surface area contributed by atoms with Gasteiger partial charge in [0.1, 0.15) is 11.6 Å². The van der Waals surface area contributed by atoms with Gasteiger partial charge >= 0.3 is 6.09 Å². The lowest BCUT2D eigenvalue weighted by atomic mass is 9.79. The molecule has 2 aliphatic rings. The molecule has 0 atom stereocenters. The Kier molecular flexibility index (Phi) is 6.62. The van der Waals surface area contributed by atoms with Gasteiger partial charge in [-0.3, -0.25) is 10.0 Å². The molecule has 0 aliphatic carbocycles. The second-order valence-corrected chi connectivity index (χ2v) is 9.65. The van der Waals surface area contributed by atoms with Crippen LogP contribution in [0.4, 0.5) is 13.6 Å². The van der Waals surface area contributed by atoms with Crippen molar-refractivity contribution < 1.29 is 37.1 Å². The maximum atomic E-state index is 14.0. The largest absolute Gasteiger partial charge is 0.465 e. The summed E-state index contributed by atoms with van der Waals surface area (Å²) in [7, 11) is -4.00. The topological polar surface area (TPSA) is 127 Å². The average molecular weight is 459 g/mol. The normalized spacial score (nSPS) is 19.6. The number of carboxylic acid groups (broad SMARTS) is 1. The van der Waals surface area contributed by atoms with Crippen molar-refractivity contribution in [2.24, 2.45) is 5.41 Å². The molecule has 0 bridgehead atoms. The number of hydrogen-bond donors (Lipinski definition) is 3. The van der Waals surface area contributed by atoms with Crippen LogP contribution < -0.4 is 5.48 Å². The number of carbonyl (C=O) groups is 2. The number of carbonyl (C=O) groups excluding carboxylic acids is 1. The van der Waals surface area contributed by atoms with Gasteiger partial charge in [0.25, 0.3) is 5.91 Å². The summed E-state index contributed by atoms with van der Waals surface area (Å²) in [5.74, 6) is -2.96. The van der Waals surface area contributed by atoms with Gasteiger partial charge in [-0.05, 0) is 37.0 Å². The Bertz CT molecular complexity index is 986. The molecule has 9 nitrogen and oxygen atoms in total. The number of halogens is 2. The lowest BCUT2D eigenvalue weighted by Gasteiger charge is -2.40. The maximum Gasteiger partial charge on any atom is 0.407 e. The third kappa shape index (κ3) is 4.70. The Labute approximate surface area is 178 Å². The number of sulfonamides is 1. The van der Waals surface area contributed by atoms with Crippen LogP contribution in [0.15, 0.2) is 24.3 Å². The highest BCUT2D eigenvalue weighted by molar-refractivity contribution is 7.89. The zero-order chi connectivity index (χ0) is 22.8. The average Bonchev–Trinajstić information content (AvgIpc) is 2.73. The van der Waals surface area contributed by atoms with Crippen LogP contribution in [0.5, 0.6) is 0 Å². The van der Waals surface area contributed by atoms with Gasteiger partial charge in [0.15, 0.2) is 0 Å². The Morgan fingerprint density at radius 1 is 1.13 bits per heavy atom. The van der Waals surface area contributed by atoms with Gasteiger partial charge in [-0.1, -0.05) is 12.1 Å². The molecular weight excluding hydrogens is 436 g/mol. The minimum Gasteiger partial charge on any atom is -0.465 e. The molecule has 0 spiro atoms. The third-order valence-corrected chi connectivity index (χ3v) is 7.92. The van der Waals surface area contributed by atoms with E-state index in [0.717, 1.165) is 21.3 Å². The molecule has 3 rings (SSSR count). The van der Waals surface area contributed by atoms with E-state index >= 15 is 0 Å². The monoisotopic (exact) mass is 459 g/mol. The number of rotatable bonds is 5. The number of amides is 2. The highest BCUT2D eigenvalue weighted by atomic mass is 32.2. The number of nitrogens with one attached hydrogen (secondary N) is 1. The summed E-state index contributed by atoms with van der Waals surface area (Å²) in [6, 6.07) is 3.50. The molecule has 3 N–H and O–H groups in total. The van der Waals surface area contributed by atoms with Gasteiger partial charge in [-0.15, -0.1) is 0 Å². The van der Waals surface area contributed by atoms with Gasteiger partial charge < -0.3 is 10.0 Å². The van der Waals surface area contributed by atoms with E-state index < -0.39 is 44.8 Å². The van der Waals surface area contributed by atoms with Crippen molar-refractivity contribution in [2.75, 3.05) is 31.9 Å². The lowest BCUT2D eigenvalue weighted by Crippen LogP contribution is -2.54. The first-order valence-electron chi connectivity index (χ1n) is 9.63. The SMILES string of the molecule is O=C(O)N1CCC(CS(=O)(=O)N2CC=C(c3c(F)cccc3F)CC2)(C(=O)NO)CC1. The molecule has 2 heterocycles. The van der Waals surface area contributed by atoms with Crippen LogP contribution in [0.2, 0.25) is 0 Å². The van der Waals surface area contributed by atoms with Crippen LogP contribution in [-0.4, -0.2) is 71.9 Å². The number of hydroxylamine groups is 1. The molecule has 12 heteroatoms. The van der Waals surface area contributed by atoms with E-state index in [1.54, 1.807) is 0 Å². The zero-order valence-electron chi connectivity index (χ0n) is 16.6. The van der Waals surface area contributed by atoms with Crippen molar-refractivity contribution in [3.05, 3.63) is 41.5 Å². The number of hydrogen-bond acceptors (Lipinski definition) is 5. The summed E-state index contributed by atoms with van der Waals surface area (Å²) < 4.78 is 55.2. The standard InChI is InChI=1S/C19H23F2N3O6S/c20-14-2-1-3-15(21)16(14)13-4-8-24(9-5-13)31(29,30)12-19(17(25)22-28)6-10-23(11-7-19)18(26)27/h1-4,28H,5-12H2,(H,22,25)(H,26,27). The summed E-state index contributed by atoms with van der Waals surface area (Å²) in [6.45, 7) is -0.243. The quantitative estimate of drug-likeness (QED) is 0.454. The van der Waals surface area contributed by atoms with E-state index in [9.17, 15) is 26.8 Å². The highest BCUT2D eigenvalue weighted by Gasteiger charge is 2.47. The molecule has 31 heavy (non-hydrogen) atoms. The molecule has 2 aliphatic heterocycles. The van der Waals surface area contributed by atoms with E-state index in [1.165, 1.54) is 17.6 Å². The number of piperidine rings is 1. The van der Waals surface area contributed by atoms with Crippen molar-refractivity contribution in [2.45, 2.75) is 19.3 Å². The Hall–Kier alpha value is -2.57. The first-order chi connectivity index (χ1) is 14.6. The maximum absolute atomic E-state index is 14.0. The van der Waals surface area contributed by atoms with Crippen molar-refractivity contribution >= 4 is 27.6 Å². The van der Waals surface area contributed by atoms with Crippen LogP contribution in [0, 0.1) is 17.0 Å². The van der Waals surface area contributed by atoms with E-state index in [1.807, 2.05) is 0 Å². The molecule has 0 aromatic heterocycles. The fraction of sp³-hybridized carbons (Fsp3) is 0.474. The van der Waals surface area contributed by atoms with Crippen molar-refractivity contribution in [3.8, 4) is 0 Å². The van der Waals surface area contributed by atoms with Gasteiger partial charge in [0.05, 0.1) is 11.2 Å². The number of likely N-dealkylation sites (tertiary alicyclic amines) is 1. The van der Waals surface area contributed by atoms with Crippen LogP contribution in [0.25, 0.3) is 5.57 Å². The van der Waals surface area contributed by atoms with Gasteiger partial charge in [-0.2, -0.15) is 4.31 Å². The van der Waals surface area contributed by atoms with Crippen molar-refractivity contribution in [3.63, 3.8) is 0 Å². The van der Waals surface area contributed by atoms with Crippen molar-refractivity contribution in [1.82, 2.24) is 14.7 Å². The molecule has 0 saturated carbocycles. The Morgan fingerprint density at radius 2 is 1.74 bits per heavy atom. The minimum atomic E-state index is -4.00. The molecule has 1 saturated heterocycles. The second-order valence-electron chi connectivity index (χ2n) is 7.68. The minimum absolute atomic E-state index is 0.0278. The molecule has 1 aromatic rings. The first-order valence-corrected chi connectivity index (χ1v) is 11.2. The second kappa shape index (κ2) is 8.89. The molecule has 0 radical (unpaired) electrons. The molecule has 0 unspecified atom stereocenters. The van der Waals surface area contributed by atoms with E-state index in [0.29, 0.717) is 5.57 Å². The van der Waals surface area contributed by atoms with E-state index in [2.05, 4.69) is 0 Å². The molecule has 2 amide bonds. The molecule has 1 fully saturated rings. The van der Waals surface area contributed by atoms with E-state index in [-0.39, 0.29) is 51.0 Å². The van der Waals surface area contributed by atoms with Gasteiger partial charge in [0.2, 0.25) is 10.0 Å². The van der Waals surface area contributed by atoms with Crippen LogP contribution in [0.3, 0.4) is 0 Å². The fourth-order valence-electron chi connectivity index (χ4n) is 4.06. The zero-order valence-corrected chi connectivity index (χ0v) is 17.4. The first kappa shape index (κ1) is 23.1. The molecular formula is C19H23F2N3O6S. The van der Waals surface area contributed by atoms with Gasteiger partial charge in [0, 0.05) is 31.7 Å². The predicted octanol–water partition coefficient (Wildman–Crippen LogP) is 1.65. The summed E-state index contributed by atoms with van der Waals surface area (Å²) in [5, 5.41) is 18.2.